The zero-order chi connectivity index (χ0) is 25.3. The van der Waals surface area contributed by atoms with Crippen LogP contribution in [-0.2, 0) is 10.0 Å². The van der Waals surface area contributed by atoms with Gasteiger partial charge in [-0.25, -0.2) is 21.8 Å². The molecule has 8 nitrogen and oxygen atoms in total. The number of hydrogen-bond acceptors (Lipinski definition) is 5. The van der Waals surface area contributed by atoms with E-state index in [1.807, 2.05) is 13.8 Å². The van der Waals surface area contributed by atoms with E-state index in [0.29, 0.717) is 11.3 Å². The maximum absolute atomic E-state index is 13.5. The predicted octanol–water partition coefficient (Wildman–Crippen LogP) is 3.66. The van der Waals surface area contributed by atoms with Crippen LogP contribution in [0.15, 0.2) is 53.6 Å². The molecule has 2 aromatic carbocycles. The second-order valence-electron chi connectivity index (χ2n) is 8.93. The third kappa shape index (κ3) is 4.94. The largest absolute Gasteiger partial charge is 0.371 e. The number of nitrogens with zero attached hydrogens (tertiary/aromatic N) is 4. The maximum Gasteiger partial charge on any atom is 0.253 e. The molecule has 1 amide bonds. The summed E-state index contributed by atoms with van der Waals surface area (Å²) in [5.74, 6) is -0.684. The van der Waals surface area contributed by atoms with Crippen molar-refractivity contribution in [1.29, 1.82) is 0 Å². The first-order valence-electron chi connectivity index (χ1n) is 11.5. The minimum atomic E-state index is -3.70. The van der Waals surface area contributed by atoms with Crippen molar-refractivity contribution in [3.05, 3.63) is 71.3 Å². The average Bonchev–Trinajstić information content (AvgIpc) is 3.49. The summed E-state index contributed by atoms with van der Waals surface area (Å²) in [5, 5.41) is 7.42. The summed E-state index contributed by atoms with van der Waals surface area (Å²) in [6.45, 7) is 5.37. The van der Waals surface area contributed by atoms with E-state index >= 15 is 0 Å². The lowest BCUT2D eigenvalue weighted by Crippen LogP contribution is -2.30. The number of anilines is 1. The van der Waals surface area contributed by atoms with Crippen molar-refractivity contribution < 1.29 is 17.6 Å². The predicted molar refractivity (Wildman–Crippen MR) is 133 cm³/mol. The van der Waals surface area contributed by atoms with E-state index in [-0.39, 0.29) is 16.6 Å². The van der Waals surface area contributed by atoms with Crippen LogP contribution in [0.4, 0.5) is 10.1 Å². The van der Waals surface area contributed by atoms with Gasteiger partial charge in [0.1, 0.15) is 5.82 Å². The maximum atomic E-state index is 13.5. The Morgan fingerprint density at radius 1 is 1.11 bits per heavy atom. The van der Waals surface area contributed by atoms with Gasteiger partial charge in [0, 0.05) is 44.1 Å². The molecular weight excluding hydrogens is 469 g/mol. The van der Waals surface area contributed by atoms with Crippen molar-refractivity contribution in [3.63, 3.8) is 0 Å². The molecule has 3 aromatic rings. The molecule has 1 atom stereocenters. The SMILES string of the molecule is Cc1c(C(C)NC(=O)c2cc(S(=O)(=O)N(C)C)ccc2N2CCCC2)cnn1-c1ccc(F)cc1. The van der Waals surface area contributed by atoms with Crippen molar-refractivity contribution in [1.82, 2.24) is 19.4 Å². The molecular formula is C25H30FN5O3S. The van der Waals surface area contributed by atoms with Gasteiger partial charge in [-0.3, -0.25) is 4.79 Å². The second kappa shape index (κ2) is 9.79. The zero-order valence-electron chi connectivity index (χ0n) is 20.3. The van der Waals surface area contributed by atoms with Crippen molar-refractivity contribution in [2.45, 2.75) is 37.6 Å². The van der Waals surface area contributed by atoms with E-state index in [1.165, 1.54) is 32.3 Å². The molecule has 186 valence electrons. The average molecular weight is 500 g/mol. The topological polar surface area (TPSA) is 87.5 Å². The molecule has 0 bridgehead atoms. The van der Waals surface area contributed by atoms with E-state index in [2.05, 4.69) is 15.3 Å². The van der Waals surface area contributed by atoms with Crippen LogP contribution in [0, 0.1) is 12.7 Å². The zero-order valence-corrected chi connectivity index (χ0v) is 21.1. The van der Waals surface area contributed by atoms with Gasteiger partial charge in [0.05, 0.1) is 28.4 Å². The number of rotatable bonds is 7. The molecule has 1 aromatic heterocycles. The van der Waals surface area contributed by atoms with Gasteiger partial charge in [-0.05, 0) is 69.2 Å². The molecule has 1 aliphatic heterocycles. The molecule has 0 saturated carbocycles. The van der Waals surface area contributed by atoms with E-state index in [9.17, 15) is 17.6 Å². The Morgan fingerprint density at radius 3 is 2.40 bits per heavy atom. The van der Waals surface area contributed by atoms with E-state index in [4.69, 9.17) is 0 Å². The highest BCUT2D eigenvalue weighted by molar-refractivity contribution is 7.89. The molecule has 10 heteroatoms. The molecule has 0 radical (unpaired) electrons. The minimum absolute atomic E-state index is 0.0727. The summed E-state index contributed by atoms with van der Waals surface area (Å²) >= 11 is 0. The fraction of sp³-hybridized carbons (Fsp3) is 0.360. The normalized spacial score (nSPS) is 15.0. The van der Waals surface area contributed by atoms with Crippen LogP contribution in [0.3, 0.4) is 0 Å². The number of halogens is 1. The summed E-state index contributed by atoms with van der Waals surface area (Å²) in [6.07, 6.45) is 3.73. The van der Waals surface area contributed by atoms with Crippen molar-refractivity contribution in [2.75, 3.05) is 32.1 Å². The quantitative estimate of drug-likeness (QED) is 0.536. The smallest absolute Gasteiger partial charge is 0.253 e. The Labute approximate surface area is 205 Å². The molecule has 1 aliphatic rings. The number of carbonyl (C=O) groups is 1. The highest BCUT2D eigenvalue weighted by Gasteiger charge is 2.26. The first kappa shape index (κ1) is 24.9. The Balaban J connectivity index is 1.64. The number of sulfonamides is 1. The van der Waals surface area contributed by atoms with Crippen LogP contribution < -0.4 is 10.2 Å². The fourth-order valence-electron chi connectivity index (χ4n) is 4.34. The highest BCUT2D eigenvalue weighted by atomic mass is 32.2. The molecule has 1 N–H and O–H groups in total. The molecule has 1 saturated heterocycles. The molecule has 1 fully saturated rings. The van der Waals surface area contributed by atoms with Crippen LogP contribution in [0.25, 0.3) is 5.69 Å². The number of hydrogen-bond donors (Lipinski definition) is 1. The third-order valence-electron chi connectivity index (χ3n) is 6.37. The number of aromatic nitrogens is 2. The van der Waals surface area contributed by atoms with Crippen LogP contribution in [0.5, 0.6) is 0 Å². The third-order valence-corrected chi connectivity index (χ3v) is 8.18. The fourth-order valence-corrected chi connectivity index (χ4v) is 5.27. The molecule has 35 heavy (non-hydrogen) atoms. The first-order chi connectivity index (χ1) is 16.6. The number of nitrogens with one attached hydrogen (secondary N) is 1. The van der Waals surface area contributed by atoms with Gasteiger partial charge in [0.25, 0.3) is 5.91 Å². The van der Waals surface area contributed by atoms with Gasteiger partial charge in [0.15, 0.2) is 0 Å². The molecule has 0 aliphatic carbocycles. The summed E-state index contributed by atoms with van der Waals surface area (Å²) in [6, 6.07) is 10.4. The van der Waals surface area contributed by atoms with Gasteiger partial charge in [0.2, 0.25) is 10.0 Å². The Hall–Kier alpha value is -3.24. The van der Waals surface area contributed by atoms with Gasteiger partial charge >= 0.3 is 0 Å². The standard InChI is InChI=1S/C25H30FN5O3S/c1-17(23-16-27-31(18(23)2)20-9-7-19(26)8-10-20)28-25(32)22-15-21(35(33,34)29(3)4)11-12-24(22)30-13-5-6-14-30/h7-12,15-17H,5-6,13-14H2,1-4H3,(H,28,32). The highest BCUT2D eigenvalue weighted by Crippen LogP contribution is 2.29. The van der Waals surface area contributed by atoms with Crippen molar-refractivity contribution in [3.8, 4) is 5.69 Å². The van der Waals surface area contributed by atoms with Crippen molar-refractivity contribution >= 4 is 21.6 Å². The number of benzene rings is 2. The van der Waals surface area contributed by atoms with E-state index in [1.54, 1.807) is 35.1 Å². The van der Waals surface area contributed by atoms with E-state index in [0.717, 1.165) is 47.2 Å². The van der Waals surface area contributed by atoms with Crippen molar-refractivity contribution in [2.24, 2.45) is 0 Å². The molecule has 2 heterocycles. The summed E-state index contributed by atoms with van der Waals surface area (Å²) in [7, 11) is -0.765. The molecule has 1 unspecified atom stereocenters. The lowest BCUT2D eigenvalue weighted by atomic mass is 10.1. The Bertz CT molecular complexity index is 1330. The Morgan fingerprint density at radius 2 is 1.77 bits per heavy atom. The number of amides is 1. The van der Waals surface area contributed by atoms with Gasteiger partial charge < -0.3 is 10.2 Å². The molecule has 4 rings (SSSR count). The summed E-state index contributed by atoms with van der Waals surface area (Å²) in [5.41, 5.74) is 3.39. The summed E-state index contributed by atoms with van der Waals surface area (Å²) in [4.78, 5) is 15.7. The van der Waals surface area contributed by atoms with Gasteiger partial charge in [-0.2, -0.15) is 5.10 Å². The Kier molecular flexibility index (Phi) is 6.95. The molecule has 0 spiro atoms. The van der Waals surface area contributed by atoms with Gasteiger partial charge in [-0.1, -0.05) is 0 Å². The summed E-state index contributed by atoms with van der Waals surface area (Å²) < 4.78 is 41.6. The lowest BCUT2D eigenvalue weighted by molar-refractivity contribution is 0.0940. The lowest BCUT2D eigenvalue weighted by Gasteiger charge is -2.23. The second-order valence-corrected chi connectivity index (χ2v) is 11.1. The first-order valence-corrected chi connectivity index (χ1v) is 13.0. The van der Waals surface area contributed by atoms with Crippen LogP contribution in [-0.4, -0.2) is 55.6 Å². The van der Waals surface area contributed by atoms with Gasteiger partial charge in [-0.15, -0.1) is 0 Å². The number of carbonyl (C=O) groups excluding carboxylic acids is 1. The monoisotopic (exact) mass is 499 g/mol. The van der Waals surface area contributed by atoms with Crippen LogP contribution in [0.2, 0.25) is 0 Å². The van der Waals surface area contributed by atoms with E-state index < -0.39 is 16.1 Å². The van der Waals surface area contributed by atoms with Crippen LogP contribution in [0.1, 0.15) is 47.4 Å². The minimum Gasteiger partial charge on any atom is -0.371 e. The van der Waals surface area contributed by atoms with Crippen LogP contribution >= 0.6 is 0 Å².